The Labute approximate surface area is 137 Å². The molecule has 1 aromatic rings. The molecular formula is C14H17F3N2O4S. The van der Waals surface area contributed by atoms with Gasteiger partial charge in [0.2, 0.25) is 0 Å². The summed E-state index contributed by atoms with van der Waals surface area (Å²) in [6.07, 6.45) is 0. The third-order valence-corrected chi connectivity index (χ3v) is 4.75. The number of rotatable bonds is 3. The number of alkyl halides is 3. The van der Waals surface area contributed by atoms with Crippen molar-refractivity contribution >= 4 is 21.6 Å². The molecule has 1 heterocycles. The van der Waals surface area contributed by atoms with E-state index >= 15 is 0 Å². The Morgan fingerprint density at radius 3 is 2.29 bits per heavy atom. The van der Waals surface area contributed by atoms with Crippen molar-refractivity contribution in [3.8, 4) is 0 Å². The molecule has 0 radical (unpaired) electrons. The van der Waals surface area contributed by atoms with E-state index in [0.717, 1.165) is 6.07 Å². The maximum Gasteiger partial charge on any atom is 0.516 e. The Bertz CT molecular complexity index is 741. The summed E-state index contributed by atoms with van der Waals surface area (Å²) in [5, 5.41) is 0. The predicted octanol–water partition coefficient (Wildman–Crippen LogP) is 2.04. The number of halogens is 3. The van der Waals surface area contributed by atoms with Crippen LogP contribution in [-0.2, 0) is 14.8 Å². The molecule has 0 aromatic heterocycles. The summed E-state index contributed by atoms with van der Waals surface area (Å²) >= 11 is 0. The van der Waals surface area contributed by atoms with E-state index < -0.39 is 15.5 Å². The number of morpholine rings is 1. The van der Waals surface area contributed by atoms with E-state index in [1.54, 1.807) is 6.92 Å². The smallest absolute Gasteiger partial charge is 0.378 e. The van der Waals surface area contributed by atoms with Gasteiger partial charge in [-0.05, 0) is 31.0 Å². The summed E-state index contributed by atoms with van der Waals surface area (Å²) in [5.74, 6) is -0.372. The van der Waals surface area contributed by atoms with E-state index in [0.29, 0.717) is 37.4 Å². The van der Waals surface area contributed by atoms with Gasteiger partial charge in [-0.25, -0.2) is 0 Å². The minimum Gasteiger partial charge on any atom is -0.378 e. The summed E-state index contributed by atoms with van der Waals surface area (Å²) in [7, 11) is -5.55. The van der Waals surface area contributed by atoms with Crippen molar-refractivity contribution < 1.29 is 31.1 Å². The number of carbonyl (C=O) groups is 1. The first-order chi connectivity index (χ1) is 11.0. The highest BCUT2D eigenvalue weighted by Crippen LogP contribution is 2.29. The van der Waals surface area contributed by atoms with Crippen molar-refractivity contribution in [1.29, 1.82) is 0 Å². The van der Waals surface area contributed by atoms with Gasteiger partial charge in [-0.15, -0.1) is 0 Å². The second-order valence-electron chi connectivity index (χ2n) is 5.44. The van der Waals surface area contributed by atoms with Crippen molar-refractivity contribution in [2.45, 2.75) is 19.4 Å². The summed E-state index contributed by atoms with van der Waals surface area (Å²) in [6, 6.07) is 2.62. The molecular weight excluding hydrogens is 349 g/mol. The Balaban J connectivity index is 2.36. The second kappa shape index (κ2) is 6.60. The van der Waals surface area contributed by atoms with E-state index in [1.165, 1.54) is 22.6 Å². The van der Waals surface area contributed by atoms with Gasteiger partial charge in [-0.2, -0.15) is 21.6 Å². The molecule has 1 fully saturated rings. The SMILES string of the molecule is Cc1cc(C)c(C(=O)N2CCOCC2)cc1NS(=O)(=O)C(F)(F)F. The molecule has 1 aromatic carbocycles. The number of hydrogen-bond acceptors (Lipinski definition) is 4. The predicted molar refractivity (Wildman–Crippen MR) is 81.2 cm³/mol. The van der Waals surface area contributed by atoms with Gasteiger partial charge in [0.25, 0.3) is 5.91 Å². The lowest BCUT2D eigenvalue weighted by atomic mass is 10.0. The fourth-order valence-electron chi connectivity index (χ4n) is 2.33. The molecule has 10 heteroatoms. The number of carbonyl (C=O) groups excluding carboxylic acids is 1. The van der Waals surface area contributed by atoms with Crippen LogP contribution in [0.3, 0.4) is 0 Å². The normalized spacial score (nSPS) is 16.1. The van der Waals surface area contributed by atoms with Gasteiger partial charge >= 0.3 is 15.5 Å². The maximum absolute atomic E-state index is 12.5. The quantitative estimate of drug-likeness (QED) is 0.888. The van der Waals surface area contributed by atoms with E-state index in [1.807, 2.05) is 0 Å². The zero-order chi connectivity index (χ0) is 18.1. The van der Waals surface area contributed by atoms with Crippen LogP contribution < -0.4 is 4.72 Å². The fourth-order valence-corrected chi connectivity index (χ4v) is 2.96. The van der Waals surface area contributed by atoms with Gasteiger partial charge in [0, 0.05) is 18.7 Å². The minimum atomic E-state index is -5.55. The summed E-state index contributed by atoms with van der Waals surface area (Å²) in [5.41, 5.74) is -4.70. The van der Waals surface area contributed by atoms with Gasteiger partial charge in [-0.1, -0.05) is 6.07 Å². The average molecular weight is 366 g/mol. The summed E-state index contributed by atoms with van der Waals surface area (Å²) in [4.78, 5) is 14.0. The van der Waals surface area contributed by atoms with E-state index in [2.05, 4.69) is 0 Å². The topological polar surface area (TPSA) is 75.7 Å². The highest BCUT2D eigenvalue weighted by molar-refractivity contribution is 7.93. The number of nitrogens with zero attached hydrogens (tertiary/aromatic N) is 1. The van der Waals surface area contributed by atoms with Crippen molar-refractivity contribution in [2.75, 3.05) is 31.0 Å². The first-order valence-corrected chi connectivity index (χ1v) is 8.58. The minimum absolute atomic E-state index is 0.155. The average Bonchev–Trinajstić information content (AvgIpc) is 2.49. The molecule has 0 aliphatic carbocycles. The van der Waals surface area contributed by atoms with Gasteiger partial charge < -0.3 is 9.64 Å². The molecule has 0 atom stereocenters. The van der Waals surface area contributed by atoms with Crippen LogP contribution in [0.15, 0.2) is 12.1 Å². The first kappa shape index (κ1) is 18.5. The van der Waals surface area contributed by atoms with Gasteiger partial charge in [0.1, 0.15) is 0 Å². The number of amides is 1. The van der Waals surface area contributed by atoms with Gasteiger partial charge in [0.05, 0.1) is 18.9 Å². The zero-order valence-corrected chi connectivity index (χ0v) is 13.9. The number of ether oxygens (including phenoxy) is 1. The lowest BCUT2D eigenvalue weighted by Crippen LogP contribution is -2.41. The third-order valence-electron chi connectivity index (χ3n) is 3.65. The van der Waals surface area contributed by atoms with Crippen LogP contribution in [0.5, 0.6) is 0 Å². The highest BCUT2D eigenvalue weighted by Gasteiger charge is 2.46. The fraction of sp³-hybridized carbons (Fsp3) is 0.500. The van der Waals surface area contributed by atoms with E-state index in [-0.39, 0.29) is 17.2 Å². The van der Waals surface area contributed by atoms with Crippen LogP contribution in [0.2, 0.25) is 0 Å². The molecule has 2 rings (SSSR count). The number of benzene rings is 1. The van der Waals surface area contributed by atoms with Crippen molar-refractivity contribution in [2.24, 2.45) is 0 Å². The molecule has 134 valence electrons. The molecule has 0 spiro atoms. The van der Waals surface area contributed by atoms with Crippen LogP contribution in [0.25, 0.3) is 0 Å². The van der Waals surface area contributed by atoms with Gasteiger partial charge in [-0.3, -0.25) is 9.52 Å². The number of nitrogens with one attached hydrogen (secondary N) is 1. The largest absolute Gasteiger partial charge is 0.516 e. The molecule has 24 heavy (non-hydrogen) atoms. The number of aryl methyl sites for hydroxylation is 2. The first-order valence-electron chi connectivity index (χ1n) is 7.10. The molecule has 6 nitrogen and oxygen atoms in total. The van der Waals surface area contributed by atoms with Crippen molar-refractivity contribution in [3.05, 3.63) is 28.8 Å². The van der Waals surface area contributed by atoms with Crippen LogP contribution in [-0.4, -0.2) is 51.0 Å². The molecule has 0 saturated carbocycles. The van der Waals surface area contributed by atoms with Crippen LogP contribution in [0.4, 0.5) is 18.9 Å². The Morgan fingerprint density at radius 2 is 1.75 bits per heavy atom. The molecule has 1 aliphatic rings. The lowest BCUT2D eigenvalue weighted by molar-refractivity contribution is -0.0429. The highest BCUT2D eigenvalue weighted by atomic mass is 32.2. The number of sulfonamides is 1. The molecule has 0 bridgehead atoms. The Morgan fingerprint density at radius 1 is 1.17 bits per heavy atom. The van der Waals surface area contributed by atoms with Crippen molar-refractivity contribution in [1.82, 2.24) is 4.90 Å². The molecule has 1 N–H and O–H groups in total. The molecule has 0 unspecified atom stereocenters. The Kier molecular flexibility index (Phi) is 5.09. The van der Waals surface area contributed by atoms with E-state index in [4.69, 9.17) is 4.74 Å². The third kappa shape index (κ3) is 3.81. The van der Waals surface area contributed by atoms with Gasteiger partial charge in [0.15, 0.2) is 0 Å². The van der Waals surface area contributed by atoms with Crippen LogP contribution in [0, 0.1) is 13.8 Å². The lowest BCUT2D eigenvalue weighted by Gasteiger charge is -2.27. The van der Waals surface area contributed by atoms with E-state index in [9.17, 15) is 26.4 Å². The summed E-state index contributed by atoms with van der Waals surface area (Å²) < 4.78 is 66.9. The second-order valence-corrected chi connectivity index (χ2v) is 7.11. The monoisotopic (exact) mass is 366 g/mol. The number of anilines is 1. The Hall–Kier alpha value is -1.81. The molecule has 1 aliphatic heterocycles. The zero-order valence-electron chi connectivity index (χ0n) is 13.1. The standard InChI is InChI=1S/C14H17F3N2O4S/c1-9-7-10(2)12(18-24(21,22)14(15,16)17)8-11(9)13(20)19-3-5-23-6-4-19/h7-8,18H,3-6H2,1-2H3. The van der Waals surface area contributed by atoms with Crippen LogP contribution in [0.1, 0.15) is 21.5 Å². The van der Waals surface area contributed by atoms with Crippen molar-refractivity contribution in [3.63, 3.8) is 0 Å². The maximum atomic E-state index is 12.5. The molecule has 1 amide bonds. The molecule has 1 saturated heterocycles. The van der Waals surface area contributed by atoms with Crippen LogP contribution >= 0.6 is 0 Å². The summed E-state index contributed by atoms with van der Waals surface area (Å²) in [6.45, 7) is 4.60. The number of hydrogen-bond donors (Lipinski definition) is 1.